The number of aryl methyl sites for hydroxylation is 2. The van der Waals surface area contributed by atoms with Gasteiger partial charge in [0, 0.05) is 36.8 Å². The first-order valence-electron chi connectivity index (χ1n) is 8.37. The molecule has 0 unspecified atom stereocenters. The van der Waals surface area contributed by atoms with E-state index >= 15 is 0 Å². The highest BCUT2D eigenvalue weighted by Crippen LogP contribution is 2.31. The van der Waals surface area contributed by atoms with Gasteiger partial charge in [-0.25, -0.2) is 4.79 Å². The Balaban J connectivity index is 1.99. The van der Waals surface area contributed by atoms with Crippen LogP contribution in [0, 0.1) is 0 Å². The van der Waals surface area contributed by atoms with Crippen LogP contribution in [-0.2, 0) is 20.1 Å². The summed E-state index contributed by atoms with van der Waals surface area (Å²) in [7, 11) is 1.65. The van der Waals surface area contributed by atoms with Gasteiger partial charge >= 0.3 is 5.69 Å². The highest BCUT2D eigenvalue weighted by molar-refractivity contribution is 9.10. The van der Waals surface area contributed by atoms with Crippen LogP contribution >= 0.6 is 15.9 Å². The molecule has 0 radical (unpaired) electrons. The molecule has 0 atom stereocenters. The van der Waals surface area contributed by atoms with E-state index in [0.717, 1.165) is 23.1 Å². The number of nitrogens with zero attached hydrogens (tertiary/aromatic N) is 5. The first kappa shape index (κ1) is 16.8. The van der Waals surface area contributed by atoms with Crippen LogP contribution in [0.2, 0.25) is 0 Å². The molecular weight excluding hydrogens is 398 g/mol. The van der Waals surface area contributed by atoms with Crippen molar-refractivity contribution in [1.82, 2.24) is 18.7 Å². The van der Waals surface area contributed by atoms with Gasteiger partial charge in [0.2, 0.25) is 5.95 Å². The standard InChI is InChI=1S/C18H18BrN5O2/c1-3-9-24-16(25)14-15(21(2)18(24)26)20-17-22(10-4-11-23(14)17)13-7-5-12(19)6-8-13/h3,5-8H,1,4,9-11H2,2H3. The van der Waals surface area contributed by atoms with E-state index in [4.69, 9.17) is 0 Å². The fourth-order valence-electron chi connectivity index (χ4n) is 3.42. The quantitative estimate of drug-likeness (QED) is 0.616. The maximum absolute atomic E-state index is 12.9. The second kappa shape index (κ2) is 6.28. The zero-order chi connectivity index (χ0) is 18.4. The van der Waals surface area contributed by atoms with Gasteiger partial charge in [0.05, 0.1) is 0 Å². The molecule has 3 aromatic rings. The van der Waals surface area contributed by atoms with E-state index < -0.39 is 0 Å². The van der Waals surface area contributed by atoms with Gasteiger partial charge < -0.3 is 9.47 Å². The second-order valence-electron chi connectivity index (χ2n) is 6.26. The molecule has 134 valence electrons. The summed E-state index contributed by atoms with van der Waals surface area (Å²) in [6.07, 6.45) is 2.44. The fourth-order valence-corrected chi connectivity index (χ4v) is 3.68. The van der Waals surface area contributed by atoms with Gasteiger partial charge in [0.25, 0.3) is 5.56 Å². The SMILES string of the molecule is C=CCn1c(=O)c2c(nc3n2CCCN3c2ccc(Br)cc2)n(C)c1=O. The van der Waals surface area contributed by atoms with Crippen molar-refractivity contribution in [1.29, 1.82) is 0 Å². The molecule has 0 aliphatic carbocycles. The third-order valence-corrected chi connectivity index (χ3v) is 5.20. The van der Waals surface area contributed by atoms with Crippen molar-refractivity contribution in [3.8, 4) is 0 Å². The fraction of sp³-hybridized carbons (Fsp3) is 0.278. The van der Waals surface area contributed by atoms with E-state index in [-0.39, 0.29) is 17.8 Å². The number of fused-ring (bicyclic) bond motifs is 3. The Morgan fingerprint density at radius 2 is 1.96 bits per heavy atom. The molecular formula is C18H18BrN5O2. The monoisotopic (exact) mass is 415 g/mol. The van der Waals surface area contributed by atoms with Gasteiger partial charge in [0.15, 0.2) is 11.2 Å². The molecule has 1 aliphatic heterocycles. The minimum Gasteiger partial charge on any atom is -0.312 e. The summed E-state index contributed by atoms with van der Waals surface area (Å²) in [5.41, 5.74) is 1.18. The molecule has 1 aromatic carbocycles. The highest BCUT2D eigenvalue weighted by Gasteiger charge is 2.26. The van der Waals surface area contributed by atoms with Crippen molar-refractivity contribution in [2.75, 3.05) is 11.4 Å². The summed E-state index contributed by atoms with van der Waals surface area (Å²) in [5, 5.41) is 0. The van der Waals surface area contributed by atoms with Crippen LogP contribution in [0.1, 0.15) is 6.42 Å². The van der Waals surface area contributed by atoms with Crippen LogP contribution in [0.4, 0.5) is 11.6 Å². The number of imidazole rings is 1. The van der Waals surface area contributed by atoms with Crippen molar-refractivity contribution in [3.63, 3.8) is 0 Å². The number of hydrogen-bond donors (Lipinski definition) is 0. The Morgan fingerprint density at radius 1 is 1.23 bits per heavy atom. The van der Waals surface area contributed by atoms with E-state index in [2.05, 4.69) is 32.4 Å². The molecule has 0 bridgehead atoms. The topological polar surface area (TPSA) is 65.1 Å². The van der Waals surface area contributed by atoms with E-state index in [0.29, 0.717) is 23.7 Å². The maximum atomic E-state index is 12.9. The van der Waals surface area contributed by atoms with Gasteiger partial charge in [-0.15, -0.1) is 6.58 Å². The van der Waals surface area contributed by atoms with Gasteiger partial charge in [-0.05, 0) is 30.7 Å². The lowest BCUT2D eigenvalue weighted by atomic mass is 10.2. The summed E-state index contributed by atoms with van der Waals surface area (Å²) in [5.74, 6) is 0.692. The molecule has 0 saturated carbocycles. The summed E-state index contributed by atoms with van der Waals surface area (Å²) in [6.45, 7) is 5.32. The Morgan fingerprint density at radius 3 is 2.65 bits per heavy atom. The van der Waals surface area contributed by atoms with Crippen LogP contribution in [0.15, 0.2) is 51.0 Å². The third-order valence-electron chi connectivity index (χ3n) is 4.67. The zero-order valence-corrected chi connectivity index (χ0v) is 15.9. The third kappa shape index (κ3) is 2.44. The summed E-state index contributed by atoms with van der Waals surface area (Å²) in [4.78, 5) is 32.2. The molecule has 0 amide bonds. The van der Waals surface area contributed by atoms with Gasteiger partial charge in [0.1, 0.15) is 0 Å². The van der Waals surface area contributed by atoms with Gasteiger partial charge in [-0.1, -0.05) is 22.0 Å². The lowest BCUT2D eigenvalue weighted by Gasteiger charge is -2.29. The molecule has 3 heterocycles. The van der Waals surface area contributed by atoms with E-state index in [1.807, 2.05) is 28.8 Å². The van der Waals surface area contributed by atoms with Gasteiger partial charge in [-0.2, -0.15) is 4.98 Å². The van der Waals surface area contributed by atoms with Crippen molar-refractivity contribution in [3.05, 3.63) is 62.2 Å². The number of hydrogen-bond acceptors (Lipinski definition) is 4. The Bertz CT molecular complexity index is 1120. The number of aromatic nitrogens is 4. The van der Waals surface area contributed by atoms with Crippen molar-refractivity contribution in [2.45, 2.75) is 19.5 Å². The molecule has 0 fully saturated rings. The molecule has 4 rings (SSSR count). The number of halogens is 1. The van der Waals surface area contributed by atoms with Crippen LogP contribution in [-0.4, -0.2) is 25.2 Å². The van der Waals surface area contributed by atoms with Gasteiger partial charge in [-0.3, -0.25) is 13.9 Å². The van der Waals surface area contributed by atoms with Crippen molar-refractivity contribution < 1.29 is 0 Å². The van der Waals surface area contributed by atoms with Crippen molar-refractivity contribution >= 4 is 38.7 Å². The Kier molecular flexibility index (Phi) is 4.07. The molecule has 7 nitrogen and oxygen atoms in total. The van der Waals surface area contributed by atoms with Crippen LogP contribution in [0.25, 0.3) is 11.2 Å². The Labute approximate surface area is 157 Å². The van der Waals surface area contributed by atoms with Crippen LogP contribution in [0.3, 0.4) is 0 Å². The largest absolute Gasteiger partial charge is 0.332 e. The predicted molar refractivity (Wildman–Crippen MR) is 105 cm³/mol. The number of anilines is 2. The van der Waals surface area contributed by atoms with Crippen LogP contribution in [0.5, 0.6) is 0 Å². The average Bonchev–Trinajstić information content (AvgIpc) is 3.04. The second-order valence-corrected chi connectivity index (χ2v) is 7.18. The highest BCUT2D eigenvalue weighted by atomic mass is 79.9. The molecule has 2 aromatic heterocycles. The maximum Gasteiger partial charge on any atom is 0.332 e. The normalized spacial score (nSPS) is 13.8. The molecule has 26 heavy (non-hydrogen) atoms. The molecule has 1 aliphatic rings. The zero-order valence-electron chi connectivity index (χ0n) is 14.4. The van der Waals surface area contributed by atoms with E-state index in [1.54, 1.807) is 13.1 Å². The average molecular weight is 416 g/mol. The lowest BCUT2D eigenvalue weighted by molar-refractivity contribution is 0.598. The van der Waals surface area contributed by atoms with E-state index in [1.165, 1.54) is 9.13 Å². The smallest absolute Gasteiger partial charge is 0.312 e. The number of allylic oxidation sites excluding steroid dienone is 1. The van der Waals surface area contributed by atoms with Crippen LogP contribution < -0.4 is 16.1 Å². The molecule has 8 heteroatoms. The predicted octanol–water partition coefficient (Wildman–Crippen LogP) is 2.39. The molecule has 0 saturated heterocycles. The first-order valence-corrected chi connectivity index (χ1v) is 9.16. The minimum absolute atomic E-state index is 0.179. The molecule has 0 spiro atoms. The van der Waals surface area contributed by atoms with Crippen molar-refractivity contribution in [2.24, 2.45) is 7.05 Å². The first-order chi connectivity index (χ1) is 12.5. The summed E-state index contributed by atoms with van der Waals surface area (Å²) < 4.78 is 5.55. The number of rotatable bonds is 3. The van der Waals surface area contributed by atoms with E-state index in [9.17, 15) is 9.59 Å². The summed E-state index contributed by atoms with van der Waals surface area (Å²) >= 11 is 3.45. The minimum atomic E-state index is -0.381. The number of benzene rings is 1. The lowest BCUT2D eigenvalue weighted by Crippen LogP contribution is -2.39. The molecule has 0 N–H and O–H groups in total. The Hall–Kier alpha value is -2.61. The summed E-state index contributed by atoms with van der Waals surface area (Å²) in [6, 6.07) is 7.97.